The number of hydrogen-bond acceptors (Lipinski definition) is 7. The van der Waals surface area contributed by atoms with Gasteiger partial charge in [0.25, 0.3) is 5.56 Å². The highest BCUT2D eigenvalue weighted by Crippen LogP contribution is 2.36. The summed E-state index contributed by atoms with van der Waals surface area (Å²) in [6.07, 6.45) is 1.60. The van der Waals surface area contributed by atoms with Crippen LogP contribution in [-0.2, 0) is 5.54 Å². The topological polar surface area (TPSA) is 72.7 Å². The van der Waals surface area contributed by atoms with Crippen LogP contribution in [0.5, 0.6) is 0 Å². The molecule has 3 aromatic rings. The van der Waals surface area contributed by atoms with Crippen LogP contribution in [-0.4, -0.2) is 20.0 Å². The van der Waals surface area contributed by atoms with Crippen molar-refractivity contribution in [3.05, 3.63) is 50.9 Å². The van der Waals surface area contributed by atoms with E-state index in [0.717, 1.165) is 16.8 Å². The molecular weight excluding hydrogens is 402 g/mol. The maximum absolute atomic E-state index is 12.5. The molecule has 0 aliphatic carbocycles. The molecule has 0 saturated heterocycles. The lowest BCUT2D eigenvalue weighted by Gasteiger charge is -2.20. The molecule has 0 saturated carbocycles. The van der Waals surface area contributed by atoms with E-state index in [1.165, 1.54) is 27.8 Å². The van der Waals surface area contributed by atoms with Crippen LogP contribution in [0.25, 0.3) is 0 Å². The van der Waals surface area contributed by atoms with Crippen molar-refractivity contribution < 1.29 is 0 Å². The summed E-state index contributed by atoms with van der Waals surface area (Å²) < 4.78 is 2.06. The lowest BCUT2D eigenvalue weighted by molar-refractivity contribution is 0.336. The van der Waals surface area contributed by atoms with Gasteiger partial charge in [0.1, 0.15) is 5.02 Å². The number of aryl methyl sites for hydroxylation is 2. The van der Waals surface area contributed by atoms with Gasteiger partial charge in [0.15, 0.2) is 4.34 Å². The van der Waals surface area contributed by atoms with Gasteiger partial charge in [-0.2, -0.15) is 5.10 Å². The van der Waals surface area contributed by atoms with Gasteiger partial charge in [-0.25, -0.2) is 4.68 Å². The summed E-state index contributed by atoms with van der Waals surface area (Å²) in [6, 6.07) is 6.11. The van der Waals surface area contributed by atoms with Crippen LogP contribution < -0.4 is 10.9 Å². The van der Waals surface area contributed by atoms with E-state index in [4.69, 9.17) is 11.6 Å². The molecule has 3 rings (SSSR count). The number of aromatic nitrogens is 4. The predicted octanol–water partition coefficient (Wildman–Crippen LogP) is 5.01. The quantitative estimate of drug-likeness (QED) is 0.637. The van der Waals surface area contributed by atoms with Gasteiger partial charge in [0.2, 0.25) is 5.13 Å². The minimum absolute atomic E-state index is 0.143. The van der Waals surface area contributed by atoms with Gasteiger partial charge in [-0.1, -0.05) is 52.9 Å². The van der Waals surface area contributed by atoms with E-state index >= 15 is 0 Å². The average molecular weight is 422 g/mol. The third kappa shape index (κ3) is 4.34. The third-order valence-electron chi connectivity index (χ3n) is 3.84. The van der Waals surface area contributed by atoms with Crippen molar-refractivity contribution in [1.29, 1.82) is 0 Å². The molecule has 0 bridgehead atoms. The number of hydrogen-bond donors (Lipinski definition) is 1. The zero-order valence-electron chi connectivity index (χ0n) is 15.7. The van der Waals surface area contributed by atoms with Gasteiger partial charge in [-0.3, -0.25) is 4.79 Å². The first-order chi connectivity index (χ1) is 12.7. The molecule has 27 heavy (non-hydrogen) atoms. The molecule has 6 nitrogen and oxygen atoms in total. The van der Waals surface area contributed by atoms with Gasteiger partial charge in [0.05, 0.1) is 16.6 Å². The highest BCUT2D eigenvalue weighted by molar-refractivity contribution is 8.01. The molecule has 1 aromatic carbocycles. The number of nitrogens with zero attached hydrogens (tertiary/aromatic N) is 4. The lowest BCUT2D eigenvalue weighted by atomic mass is 10.1. The first-order valence-corrected chi connectivity index (χ1v) is 10.3. The Hall–Kier alpha value is -1.90. The molecule has 1 N–H and O–H groups in total. The first-order valence-electron chi connectivity index (χ1n) is 8.29. The second-order valence-corrected chi connectivity index (χ2v) is 9.72. The smallest absolute Gasteiger partial charge is 0.287 e. The highest BCUT2D eigenvalue weighted by atomic mass is 35.5. The second kappa shape index (κ2) is 7.61. The largest absolute Gasteiger partial charge is 0.330 e. The van der Waals surface area contributed by atoms with Crippen molar-refractivity contribution in [2.75, 3.05) is 5.32 Å². The predicted molar refractivity (Wildman–Crippen MR) is 112 cm³/mol. The minimum Gasteiger partial charge on any atom is -0.330 e. The molecule has 142 valence electrons. The van der Waals surface area contributed by atoms with Gasteiger partial charge < -0.3 is 5.32 Å². The summed E-state index contributed by atoms with van der Waals surface area (Å²) in [4.78, 5) is 13.0. The SMILES string of the molecule is Cc1cccc(C)c1Nc1nnc(Sc2cnn(C(C)(C)C)c(=O)c2Cl)s1. The van der Waals surface area contributed by atoms with Gasteiger partial charge in [-0.05, 0) is 45.7 Å². The molecular formula is C18H20ClN5OS2. The molecule has 0 aliphatic rings. The number of para-hydroxylation sites is 1. The van der Waals surface area contributed by atoms with Crippen LogP contribution in [0.4, 0.5) is 10.8 Å². The van der Waals surface area contributed by atoms with E-state index in [9.17, 15) is 4.79 Å². The molecule has 0 atom stereocenters. The van der Waals surface area contributed by atoms with Gasteiger partial charge >= 0.3 is 0 Å². The highest BCUT2D eigenvalue weighted by Gasteiger charge is 2.20. The Balaban J connectivity index is 1.83. The Kier molecular flexibility index (Phi) is 5.60. The second-order valence-electron chi connectivity index (χ2n) is 7.08. The maximum Gasteiger partial charge on any atom is 0.287 e. The van der Waals surface area contributed by atoms with Crippen LogP contribution in [0.15, 0.2) is 38.4 Å². The molecule has 0 spiro atoms. The molecule has 0 unspecified atom stereocenters. The van der Waals surface area contributed by atoms with Crippen LogP contribution in [0.3, 0.4) is 0 Å². The number of nitrogens with one attached hydrogen (secondary N) is 1. The fraction of sp³-hybridized carbons (Fsp3) is 0.333. The van der Waals surface area contributed by atoms with E-state index in [-0.39, 0.29) is 10.6 Å². The molecule has 0 amide bonds. The molecule has 9 heteroatoms. The Morgan fingerprint density at radius 1 is 1.19 bits per heavy atom. The number of halogens is 1. The fourth-order valence-corrected chi connectivity index (χ4v) is 4.43. The lowest BCUT2D eigenvalue weighted by Crippen LogP contribution is -2.36. The summed E-state index contributed by atoms with van der Waals surface area (Å²) in [6.45, 7) is 9.80. The van der Waals surface area contributed by atoms with Gasteiger partial charge in [-0.15, -0.1) is 10.2 Å². The van der Waals surface area contributed by atoms with Crippen LogP contribution in [0, 0.1) is 13.8 Å². The summed E-state index contributed by atoms with van der Waals surface area (Å²) in [7, 11) is 0. The fourth-order valence-electron chi connectivity index (χ4n) is 2.48. The van der Waals surface area contributed by atoms with Crippen molar-refractivity contribution in [3.63, 3.8) is 0 Å². The van der Waals surface area contributed by atoms with Crippen molar-refractivity contribution in [2.45, 2.75) is 49.4 Å². The normalized spacial score (nSPS) is 11.6. The van der Waals surface area contributed by atoms with Crippen molar-refractivity contribution in [3.8, 4) is 0 Å². The third-order valence-corrected chi connectivity index (χ3v) is 6.24. The van der Waals surface area contributed by atoms with Crippen LogP contribution in [0.2, 0.25) is 5.02 Å². The Morgan fingerprint density at radius 2 is 1.85 bits per heavy atom. The maximum atomic E-state index is 12.5. The number of rotatable bonds is 4. The zero-order valence-corrected chi connectivity index (χ0v) is 18.1. The molecule has 0 fully saturated rings. The van der Waals surface area contributed by atoms with Crippen molar-refractivity contribution >= 4 is 45.5 Å². The van der Waals surface area contributed by atoms with E-state index in [1.807, 2.05) is 52.8 Å². The standard InChI is InChI=1S/C18H20ClN5OS2/c1-10-7-6-8-11(2)14(10)21-16-22-23-17(27-16)26-12-9-20-24(18(3,4)5)15(25)13(12)19/h6-9H,1-5H3,(H,21,22). The molecule has 0 radical (unpaired) electrons. The van der Waals surface area contributed by atoms with E-state index in [1.54, 1.807) is 6.20 Å². The summed E-state index contributed by atoms with van der Waals surface area (Å²) in [5.41, 5.74) is 2.55. The number of anilines is 2. The summed E-state index contributed by atoms with van der Waals surface area (Å²) >= 11 is 8.96. The Morgan fingerprint density at radius 3 is 2.48 bits per heavy atom. The molecule has 2 heterocycles. The average Bonchev–Trinajstić information content (AvgIpc) is 3.01. The minimum atomic E-state index is -0.435. The van der Waals surface area contributed by atoms with Crippen molar-refractivity contribution in [1.82, 2.24) is 20.0 Å². The van der Waals surface area contributed by atoms with Gasteiger partial charge in [0, 0.05) is 5.69 Å². The van der Waals surface area contributed by atoms with E-state index in [2.05, 4.69) is 20.6 Å². The first kappa shape index (κ1) is 19.9. The Labute approximate surface area is 171 Å². The molecule has 0 aliphatic heterocycles. The Bertz CT molecular complexity index is 1020. The van der Waals surface area contributed by atoms with Crippen LogP contribution >= 0.6 is 34.7 Å². The summed E-state index contributed by atoms with van der Waals surface area (Å²) in [5.74, 6) is 0. The number of benzene rings is 1. The zero-order chi connectivity index (χ0) is 19.8. The van der Waals surface area contributed by atoms with E-state index < -0.39 is 5.54 Å². The van der Waals surface area contributed by atoms with Crippen LogP contribution in [0.1, 0.15) is 31.9 Å². The molecule has 2 aromatic heterocycles. The van der Waals surface area contributed by atoms with Crippen molar-refractivity contribution in [2.24, 2.45) is 0 Å². The summed E-state index contributed by atoms with van der Waals surface area (Å²) in [5, 5.41) is 16.8. The monoisotopic (exact) mass is 421 g/mol. The van der Waals surface area contributed by atoms with E-state index in [0.29, 0.717) is 14.4 Å².